The molecule has 2 aromatic rings. The Morgan fingerprint density at radius 3 is 2.44 bits per heavy atom. The summed E-state index contributed by atoms with van der Waals surface area (Å²) in [6.07, 6.45) is 7.19. The molecule has 2 aliphatic rings. The molecule has 1 unspecified atom stereocenters. The number of rotatable bonds is 11. The van der Waals surface area contributed by atoms with Gasteiger partial charge in [-0.15, -0.1) is 0 Å². The summed E-state index contributed by atoms with van der Waals surface area (Å²) in [6.45, 7) is 6.27. The number of thiazole rings is 1. The number of piperazine rings is 1. The highest BCUT2D eigenvalue weighted by molar-refractivity contribution is 7.17. The number of anilines is 2. The van der Waals surface area contributed by atoms with Gasteiger partial charge in [0.25, 0.3) is 11.8 Å². The van der Waals surface area contributed by atoms with E-state index in [4.69, 9.17) is 0 Å². The highest BCUT2D eigenvalue weighted by Gasteiger charge is 2.29. The van der Waals surface area contributed by atoms with E-state index in [0.717, 1.165) is 49.5 Å². The number of nitrogens with zero attached hydrogens (tertiary/aromatic N) is 3. The molecular formula is C30H42FN7O4S. The number of carbonyl (C=O) groups is 4. The van der Waals surface area contributed by atoms with E-state index in [1.54, 1.807) is 11.9 Å². The normalized spacial score (nSPS) is 16.9. The second-order valence-electron chi connectivity index (χ2n) is 11.5. The molecule has 2 fully saturated rings. The van der Waals surface area contributed by atoms with E-state index in [1.807, 2.05) is 18.7 Å². The predicted octanol–water partition coefficient (Wildman–Crippen LogP) is 3.31. The van der Waals surface area contributed by atoms with Crippen LogP contribution in [0.3, 0.4) is 0 Å². The summed E-state index contributed by atoms with van der Waals surface area (Å²) >= 11 is 1.08. The van der Waals surface area contributed by atoms with Crippen LogP contribution in [-0.4, -0.2) is 90.3 Å². The lowest BCUT2D eigenvalue weighted by Crippen LogP contribution is -2.51. The van der Waals surface area contributed by atoms with E-state index in [-0.39, 0.29) is 34.5 Å². The first-order valence-corrected chi connectivity index (χ1v) is 15.8. The second-order valence-corrected chi connectivity index (χ2v) is 12.5. The maximum atomic E-state index is 14.0. The molecule has 4 N–H and O–H groups in total. The summed E-state index contributed by atoms with van der Waals surface area (Å²) in [5, 5.41) is 11.7. The van der Waals surface area contributed by atoms with Gasteiger partial charge in [-0.1, -0.05) is 43.4 Å². The number of halogens is 1. The minimum absolute atomic E-state index is 0.0333. The van der Waals surface area contributed by atoms with Crippen molar-refractivity contribution in [1.82, 2.24) is 25.4 Å². The molecule has 43 heavy (non-hydrogen) atoms. The van der Waals surface area contributed by atoms with Gasteiger partial charge in [0.2, 0.25) is 11.8 Å². The summed E-state index contributed by atoms with van der Waals surface area (Å²) < 4.78 is 14.0. The quantitative estimate of drug-likeness (QED) is 0.305. The monoisotopic (exact) mass is 615 g/mol. The highest BCUT2D eigenvalue weighted by Crippen LogP contribution is 2.28. The van der Waals surface area contributed by atoms with Gasteiger partial charge in [0.15, 0.2) is 5.13 Å². The molecule has 0 radical (unpaired) electrons. The van der Waals surface area contributed by atoms with Crippen LogP contribution in [0.5, 0.6) is 0 Å². The third-order valence-electron chi connectivity index (χ3n) is 7.83. The number of nitrogens with one attached hydrogen (secondary N) is 4. The number of hydrogen-bond donors (Lipinski definition) is 4. The van der Waals surface area contributed by atoms with Gasteiger partial charge >= 0.3 is 0 Å². The topological polar surface area (TPSA) is 136 Å². The van der Waals surface area contributed by atoms with Crippen molar-refractivity contribution >= 4 is 45.8 Å². The summed E-state index contributed by atoms with van der Waals surface area (Å²) in [5.41, 5.74) is 0.574. The predicted molar refractivity (Wildman–Crippen MR) is 165 cm³/mol. The first kappa shape index (κ1) is 32.3. The van der Waals surface area contributed by atoms with Crippen LogP contribution in [0, 0.1) is 11.7 Å². The first-order valence-electron chi connectivity index (χ1n) is 15.0. The van der Waals surface area contributed by atoms with Crippen molar-refractivity contribution in [3.05, 3.63) is 40.7 Å². The average Bonchev–Trinajstić information content (AvgIpc) is 3.45. The van der Waals surface area contributed by atoms with E-state index < -0.39 is 23.7 Å². The first-order chi connectivity index (χ1) is 20.6. The molecule has 1 atom stereocenters. The lowest BCUT2D eigenvalue weighted by molar-refractivity contribution is -0.123. The maximum Gasteiger partial charge on any atom is 0.265 e. The molecule has 1 saturated heterocycles. The fourth-order valence-corrected chi connectivity index (χ4v) is 6.39. The Bertz CT molecular complexity index is 1290. The minimum Gasteiger partial charge on any atom is -0.387 e. The number of amides is 4. The van der Waals surface area contributed by atoms with Crippen LogP contribution in [-0.2, 0) is 9.59 Å². The molecule has 1 aromatic heterocycles. The average molecular weight is 616 g/mol. The van der Waals surface area contributed by atoms with Crippen molar-refractivity contribution in [1.29, 1.82) is 0 Å². The molecule has 234 valence electrons. The molecule has 4 rings (SSSR count). The van der Waals surface area contributed by atoms with Crippen molar-refractivity contribution in [3.63, 3.8) is 0 Å². The summed E-state index contributed by atoms with van der Waals surface area (Å²) in [5.74, 6) is -1.45. The second kappa shape index (κ2) is 15.2. The highest BCUT2D eigenvalue weighted by atomic mass is 32.1. The van der Waals surface area contributed by atoms with E-state index in [9.17, 15) is 23.6 Å². The zero-order valence-corrected chi connectivity index (χ0v) is 25.9. The standard InChI is InChI=1S/C30H42FN7O4S/c1-19(2)34-26(39)18-37-11-13-38(14-12-37)29(42)25-17-33-30(43-25)36-28(41)24(15-20-7-5-4-6-8-20)35-27(40)22-16-21(31)9-10-23(22)32-3/h9-10,16-17,19-20,24,32H,4-8,11-15,18H2,1-3H3,(H,34,39)(H,35,40)(H,33,36,41). The molecule has 11 nitrogen and oxygen atoms in total. The molecule has 4 amide bonds. The third-order valence-corrected chi connectivity index (χ3v) is 8.73. The Hall–Kier alpha value is -3.58. The minimum atomic E-state index is -0.854. The van der Waals surface area contributed by atoms with Gasteiger partial charge in [0.05, 0.1) is 18.3 Å². The van der Waals surface area contributed by atoms with E-state index in [0.29, 0.717) is 49.7 Å². The van der Waals surface area contributed by atoms with Crippen LogP contribution in [0.4, 0.5) is 15.2 Å². The molecular weight excluding hydrogens is 573 g/mol. The van der Waals surface area contributed by atoms with Gasteiger partial charge in [-0.25, -0.2) is 9.37 Å². The molecule has 1 aromatic carbocycles. The van der Waals surface area contributed by atoms with Crippen molar-refractivity contribution in [2.45, 2.75) is 64.5 Å². The van der Waals surface area contributed by atoms with Gasteiger partial charge in [-0.3, -0.25) is 24.1 Å². The number of aromatic nitrogens is 1. The molecule has 0 spiro atoms. The fraction of sp³-hybridized carbons (Fsp3) is 0.567. The van der Waals surface area contributed by atoms with Gasteiger partial charge in [-0.05, 0) is 44.4 Å². The molecule has 13 heteroatoms. The summed E-state index contributed by atoms with van der Waals surface area (Å²) in [7, 11) is 1.64. The van der Waals surface area contributed by atoms with E-state index in [2.05, 4.69) is 26.3 Å². The van der Waals surface area contributed by atoms with Crippen LogP contribution in [0.2, 0.25) is 0 Å². The zero-order valence-electron chi connectivity index (χ0n) is 25.1. The van der Waals surface area contributed by atoms with Crippen molar-refractivity contribution in [2.24, 2.45) is 5.92 Å². The summed E-state index contributed by atoms with van der Waals surface area (Å²) in [4.78, 5) is 60.3. The van der Waals surface area contributed by atoms with Crippen LogP contribution in [0.15, 0.2) is 24.4 Å². The van der Waals surface area contributed by atoms with Gasteiger partial charge in [0, 0.05) is 45.0 Å². The summed E-state index contributed by atoms with van der Waals surface area (Å²) in [6, 6.07) is 3.12. The van der Waals surface area contributed by atoms with Crippen molar-refractivity contribution in [3.8, 4) is 0 Å². The Morgan fingerprint density at radius 2 is 1.77 bits per heavy atom. The zero-order chi connectivity index (χ0) is 30.9. The van der Waals surface area contributed by atoms with Crippen LogP contribution >= 0.6 is 11.3 Å². The molecule has 2 heterocycles. The molecule has 0 bridgehead atoms. The van der Waals surface area contributed by atoms with Crippen LogP contribution in [0.1, 0.15) is 72.4 Å². The Labute approximate surface area is 256 Å². The SMILES string of the molecule is CNc1ccc(F)cc1C(=O)NC(CC1CCCCC1)C(=O)Nc1ncc(C(=O)N2CCN(CC(=O)NC(C)C)CC2)s1. The number of hydrogen-bond acceptors (Lipinski definition) is 8. The number of benzene rings is 1. The van der Waals surface area contributed by atoms with Crippen molar-refractivity contribution in [2.75, 3.05) is 50.4 Å². The smallest absolute Gasteiger partial charge is 0.265 e. The maximum absolute atomic E-state index is 14.0. The van der Waals surface area contributed by atoms with Gasteiger partial charge in [0.1, 0.15) is 16.7 Å². The van der Waals surface area contributed by atoms with Crippen LogP contribution in [0.25, 0.3) is 0 Å². The van der Waals surface area contributed by atoms with E-state index in [1.165, 1.54) is 18.3 Å². The Balaban J connectivity index is 1.38. The van der Waals surface area contributed by atoms with Gasteiger partial charge < -0.3 is 26.2 Å². The fourth-order valence-electron chi connectivity index (χ4n) is 5.60. The Morgan fingerprint density at radius 1 is 1.05 bits per heavy atom. The van der Waals surface area contributed by atoms with Crippen LogP contribution < -0.4 is 21.3 Å². The Kier molecular flexibility index (Phi) is 11.5. The largest absolute Gasteiger partial charge is 0.387 e. The van der Waals surface area contributed by atoms with Crippen molar-refractivity contribution < 1.29 is 23.6 Å². The number of carbonyl (C=O) groups excluding carboxylic acids is 4. The lowest BCUT2D eigenvalue weighted by Gasteiger charge is -2.34. The third kappa shape index (κ3) is 9.20. The molecule has 1 aliphatic carbocycles. The van der Waals surface area contributed by atoms with E-state index >= 15 is 0 Å². The molecule has 1 saturated carbocycles. The lowest BCUT2D eigenvalue weighted by atomic mass is 9.84. The van der Waals surface area contributed by atoms with Gasteiger partial charge in [-0.2, -0.15) is 0 Å². The molecule has 1 aliphatic heterocycles.